The van der Waals surface area contributed by atoms with Crippen LogP contribution in [-0.2, 0) is 27.9 Å². The Bertz CT molecular complexity index is 207. The van der Waals surface area contributed by atoms with E-state index in [2.05, 4.69) is 18.5 Å². The molecule has 0 aliphatic heterocycles. The molecule has 0 saturated heterocycles. The lowest BCUT2D eigenvalue weighted by molar-refractivity contribution is -0.148. The number of hydrogen-bond acceptors (Lipinski definition) is 6. The summed E-state index contributed by atoms with van der Waals surface area (Å²) in [5, 5.41) is 0. The second-order valence-corrected chi connectivity index (χ2v) is 4.30. The summed E-state index contributed by atoms with van der Waals surface area (Å²) in [4.78, 5) is 11.0. The molecule has 0 radical (unpaired) electrons. The van der Waals surface area contributed by atoms with Crippen molar-refractivity contribution in [3.05, 3.63) is 0 Å². The first-order chi connectivity index (χ1) is 6.05. The van der Waals surface area contributed by atoms with E-state index >= 15 is 0 Å². The monoisotopic (exact) mass is 212 g/mol. The van der Waals surface area contributed by atoms with E-state index < -0.39 is 19.4 Å². The zero-order chi connectivity index (χ0) is 10.5. The number of hydrogen-bond donors (Lipinski definition) is 0. The standard InChI is InChI=1S/C6H13O6P/c1-9-5(7)6(10-2)13(8,11-3)12-4/h6H,1-4H3. The molecular weight excluding hydrogens is 199 g/mol. The molecule has 0 rings (SSSR count). The Kier molecular flexibility index (Phi) is 5.17. The van der Waals surface area contributed by atoms with Crippen LogP contribution >= 0.6 is 7.60 Å². The molecule has 0 spiro atoms. The average molecular weight is 212 g/mol. The largest absolute Gasteiger partial charge is 0.467 e. The third-order valence-corrected chi connectivity index (χ3v) is 3.44. The summed E-state index contributed by atoms with van der Waals surface area (Å²) in [7, 11) is 1.14. The van der Waals surface area contributed by atoms with Crippen molar-refractivity contribution in [2.24, 2.45) is 0 Å². The summed E-state index contributed by atoms with van der Waals surface area (Å²) >= 11 is 0. The highest BCUT2D eigenvalue weighted by molar-refractivity contribution is 7.55. The van der Waals surface area contributed by atoms with Gasteiger partial charge in [-0.2, -0.15) is 0 Å². The molecule has 0 bridgehead atoms. The minimum atomic E-state index is -3.56. The highest BCUT2D eigenvalue weighted by atomic mass is 31.2. The first-order valence-electron chi connectivity index (χ1n) is 3.37. The van der Waals surface area contributed by atoms with Crippen molar-refractivity contribution in [1.82, 2.24) is 0 Å². The number of rotatable bonds is 5. The van der Waals surface area contributed by atoms with E-state index in [0.29, 0.717) is 0 Å². The van der Waals surface area contributed by atoms with E-state index in [9.17, 15) is 9.36 Å². The molecule has 0 amide bonds. The minimum Gasteiger partial charge on any atom is -0.467 e. The Balaban J connectivity index is 4.73. The zero-order valence-corrected chi connectivity index (χ0v) is 8.87. The molecule has 0 heterocycles. The molecule has 0 aromatic rings. The van der Waals surface area contributed by atoms with E-state index in [1.807, 2.05) is 0 Å². The molecule has 7 heteroatoms. The third kappa shape index (κ3) is 2.77. The fraction of sp³-hybridized carbons (Fsp3) is 0.833. The van der Waals surface area contributed by atoms with Crippen molar-refractivity contribution in [2.75, 3.05) is 28.4 Å². The van der Waals surface area contributed by atoms with Gasteiger partial charge in [0.1, 0.15) is 0 Å². The van der Waals surface area contributed by atoms with Gasteiger partial charge in [0.15, 0.2) is 0 Å². The fourth-order valence-electron chi connectivity index (χ4n) is 0.721. The topological polar surface area (TPSA) is 71.1 Å². The lowest BCUT2D eigenvalue weighted by Crippen LogP contribution is -2.25. The Hall–Kier alpha value is -0.420. The molecular formula is C6H13O6P. The van der Waals surface area contributed by atoms with Crippen molar-refractivity contribution in [1.29, 1.82) is 0 Å². The van der Waals surface area contributed by atoms with E-state index in [-0.39, 0.29) is 0 Å². The van der Waals surface area contributed by atoms with Gasteiger partial charge in [-0.1, -0.05) is 0 Å². The summed E-state index contributed by atoms with van der Waals surface area (Å²) in [5.41, 5.74) is 0. The van der Waals surface area contributed by atoms with Gasteiger partial charge in [-0.3, -0.25) is 4.57 Å². The quantitative estimate of drug-likeness (QED) is 0.491. The first kappa shape index (κ1) is 12.6. The number of carbonyl (C=O) groups excluding carboxylic acids is 1. The lowest BCUT2D eigenvalue weighted by Gasteiger charge is -2.20. The zero-order valence-electron chi connectivity index (χ0n) is 7.97. The van der Waals surface area contributed by atoms with Crippen LogP contribution in [0.15, 0.2) is 0 Å². The second-order valence-electron chi connectivity index (χ2n) is 2.02. The van der Waals surface area contributed by atoms with Gasteiger partial charge in [0.2, 0.25) is 0 Å². The fourth-order valence-corrected chi connectivity index (χ4v) is 1.88. The Labute approximate surface area is 76.6 Å². The van der Waals surface area contributed by atoms with E-state index in [4.69, 9.17) is 0 Å². The summed E-state index contributed by atoms with van der Waals surface area (Å²) in [6, 6.07) is 0. The number of carbonyl (C=O) groups is 1. The third-order valence-electron chi connectivity index (χ3n) is 1.42. The lowest BCUT2D eigenvalue weighted by atomic mass is 10.7. The summed E-state index contributed by atoms with van der Waals surface area (Å²) in [6.45, 7) is 0. The first-order valence-corrected chi connectivity index (χ1v) is 4.98. The van der Waals surface area contributed by atoms with Crippen LogP contribution < -0.4 is 0 Å². The van der Waals surface area contributed by atoms with Crippen LogP contribution in [0, 0.1) is 0 Å². The molecule has 0 saturated carbocycles. The minimum absolute atomic E-state index is 0.797. The van der Waals surface area contributed by atoms with Crippen LogP contribution in [-0.4, -0.2) is 40.3 Å². The molecule has 78 valence electrons. The predicted octanol–water partition coefficient (Wildman–Crippen LogP) is 0.618. The molecule has 1 atom stereocenters. The number of methoxy groups -OCH3 is 2. The van der Waals surface area contributed by atoms with Gasteiger partial charge in [0, 0.05) is 21.3 Å². The normalized spacial score (nSPS) is 13.8. The van der Waals surface area contributed by atoms with Crippen molar-refractivity contribution in [3.63, 3.8) is 0 Å². The van der Waals surface area contributed by atoms with Crippen LogP contribution in [0.4, 0.5) is 0 Å². The van der Waals surface area contributed by atoms with Gasteiger partial charge in [-0.15, -0.1) is 0 Å². The molecule has 6 nitrogen and oxygen atoms in total. The maximum atomic E-state index is 11.6. The molecule has 13 heavy (non-hydrogen) atoms. The van der Waals surface area contributed by atoms with E-state index in [1.54, 1.807) is 0 Å². The van der Waals surface area contributed by atoms with Crippen LogP contribution in [0.25, 0.3) is 0 Å². The number of ether oxygens (including phenoxy) is 2. The van der Waals surface area contributed by atoms with Crippen molar-refractivity contribution >= 4 is 13.6 Å². The maximum absolute atomic E-state index is 11.6. The van der Waals surface area contributed by atoms with Gasteiger partial charge in [-0.05, 0) is 0 Å². The van der Waals surface area contributed by atoms with Crippen molar-refractivity contribution < 1.29 is 27.9 Å². The highest BCUT2D eigenvalue weighted by Gasteiger charge is 2.41. The molecule has 0 aromatic heterocycles. The van der Waals surface area contributed by atoms with Crippen molar-refractivity contribution in [3.8, 4) is 0 Å². The van der Waals surface area contributed by atoms with Gasteiger partial charge >= 0.3 is 13.6 Å². The smallest absolute Gasteiger partial charge is 0.370 e. The molecule has 0 aromatic carbocycles. The van der Waals surface area contributed by atoms with Crippen LogP contribution in [0.2, 0.25) is 0 Å². The summed E-state index contributed by atoms with van der Waals surface area (Å²) in [5.74, 6) is -2.14. The van der Waals surface area contributed by atoms with Gasteiger partial charge < -0.3 is 18.5 Å². The van der Waals surface area contributed by atoms with E-state index in [1.165, 1.54) is 21.3 Å². The van der Waals surface area contributed by atoms with Crippen LogP contribution in [0.3, 0.4) is 0 Å². The SMILES string of the molecule is COC(=O)C(OC)P(=O)(OC)OC. The molecule has 1 unspecified atom stereocenters. The van der Waals surface area contributed by atoms with Crippen molar-refractivity contribution in [2.45, 2.75) is 5.85 Å². The highest BCUT2D eigenvalue weighted by Crippen LogP contribution is 2.52. The average Bonchev–Trinajstić information content (AvgIpc) is 2.18. The Morgan fingerprint density at radius 2 is 1.62 bits per heavy atom. The van der Waals surface area contributed by atoms with E-state index in [0.717, 1.165) is 7.11 Å². The Morgan fingerprint density at radius 1 is 1.15 bits per heavy atom. The number of esters is 1. The van der Waals surface area contributed by atoms with Gasteiger partial charge in [0.05, 0.1) is 7.11 Å². The molecule has 0 aliphatic carbocycles. The predicted molar refractivity (Wildman–Crippen MR) is 44.4 cm³/mol. The van der Waals surface area contributed by atoms with Crippen LogP contribution in [0.1, 0.15) is 0 Å². The molecule has 0 N–H and O–H groups in total. The summed E-state index contributed by atoms with van der Waals surface area (Å²) < 4.78 is 29.8. The maximum Gasteiger partial charge on any atom is 0.370 e. The van der Waals surface area contributed by atoms with Gasteiger partial charge in [-0.25, -0.2) is 4.79 Å². The molecule has 0 fully saturated rings. The second kappa shape index (κ2) is 5.34. The Morgan fingerprint density at radius 3 is 1.85 bits per heavy atom. The van der Waals surface area contributed by atoms with Gasteiger partial charge in [0.25, 0.3) is 5.85 Å². The van der Waals surface area contributed by atoms with Crippen LogP contribution in [0.5, 0.6) is 0 Å². The molecule has 0 aliphatic rings. The summed E-state index contributed by atoms with van der Waals surface area (Å²) in [6.07, 6.45) is 0.